The summed E-state index contributed by atoms with van der Waals surface area (Å²) in [5.74, 6) is 0.817. The highest BCUT2D eigenvalue weighted by Crippen LogP contribution is 2.23. The normalized spacial score (nSPS) is 10.9. The van der Waals surface area contributed by atoms with Crippen LogP contribution in [0, 0.1) is 13.8 Å². The standard InChI is InChI=1S/C15H15ClN4/c1-9-4-3-5-11(13(9)16)7-17-14-12-6-10(2)20-15(12)19-8-18-14/h3-6,8H,7H2,1-2H3,(H2,17,18,19,20). The van der Waals surface area contributed by atoms with Gasteiger partial charge in [-0.05, 0) is 31.0 Å². The van der Waals surface area contributed by atoms with Crippen LogP contribution in [0.25, 0.3) is 11.0 Å². The molecule has 0 aliphatic carbocycles. The predicted molar refractivity (Wildman–Crippen MR) is 82.1 cm³/mol. The van der Waals surface area contributed by atoms with E-state index in [9.17, 15) is 0 Å². The third-order valence-electron chi connectivity index (χ3n) is 3.28. The summed E-state index contributed by atoms with van der Waals surface area (Å²) in [7, 11) is 0. The van der Waals surface area contributed by atoms with Crippen molar-refractivity contribution in [1.82, 2.24) is 15.0 Å². The van der Waals surface area contributed by atoms with Gasteiger partial charge in [0.05, 0.1) is 5.39 Å². The molecule has 1 aromatic carbocycles. The number of hydrogen-bond acceptors (Lipinski definition) is 3. The van der Waals surface area contributed by atoms with Crippen LogP contribution in [0.15, 0.2) is 30.6 Å². The summed E-state index contributed by atoms with van der Waals surface area (Å²) in [6, 6.07) is 8.07. The summed E-state index contributed by atoms with van der Waals surface area (Å²) < 4.78 is 0. The fourth-order valence-electron chi connectivity index (χ4n) is 2.24. The Balaban J connectivity index is 1.88. The van der Waals surface area contributed by atoms with E-state index in [1.165, 1.54) is 0 Å². The van der Waals surface area contributed by atoms with Crippen LogP contribution in [0.5, 0.6) is 0 Å². The first-order valence-corrected chi connectivity index (χ1v) is 6.81. The maximum atomic E-state index is 6.30. The highest BCUT2D eigenvalue weighted by atomic mass is 35.5. The minimum Gasteiger partial charge on any atom is -0.365 e. The fraction of sp³-hybridized carbons (Fsp3) is 0.200. The van der Waals surface area contributed by atoms with Gasteiger partial charge >= 0.3 is 0 Å². The van der Waals surface area contributed by atoms with E-state index < -0.39 is 0 Å². The summed E-state index contributed by atoms with van der Waals surface area (Å²) in [4.78, 5) is 11.7. The predicted octanol–water partition coefficient (Wildman–Crippen LogP) is 3.84. The second-order valence-electron chi connectivity index (χ2n) is 4.84. The number of benzene rings is 1. The lowest BCUT2D eigenvalue weighted by Crippen LogP contribution is -2.03. The Bertz CT molecular complexity index is 764. The lowest BCUT2D eigenvalue weighted by molar-refractivity contribution is 1.09. The minimum absolute atomic E-state index is 0.636. The average Bonchev–Trinajstić information content (AvgIpc) is 2.81. The Labute approximate surface area is 122 Å². The molecule has 0 aliphatic rings. The van der Waals surface area contributed by atoms with Gasteiger partial charge in [0.1, 0.15) is 17.8 Å². The third kappa shape index (κ3) is 2.34. The molecule has 20 heavy (non-hydrogen) atoms. The van der Waals surface area contributed by atoms with Gasteiger partial charge in [-0.3, -0.25) is 0 Å². The molecule has 0 fully saturated rings. The van der Waals surface area contributed by atoms with Crippen LogP contribution < -0.4 is 5.32 Å². The molecular formula is C15H15ClN4. The van der Waals surface area contributed by atoms with Crippen LogP contribution in [-0.4, -0.2) is 15.0 Å². The van der Waals surface area contributed by atoms with E-state index in [4.69, 9.17) is 11.6 Å². The van der Waals surface area contributed by atoms with Crippen molar-refractivity contribution in [3.8, 4) is 0 Å². The Hall–Kier alpha value is -2.07. The molecule has 102 valence electrons. The number of aromatic amines is 1. The molecule has 0 saturated heterocycles. The molecule has 3 rings (SSSR count). The van der Waals surface area contributed by atoms with Gasteiger partial charge in [-0.25, -0.2) is 9.97 Å². The monoisotopic (exact) mass is 286 g/mol. The Kier molecular flexibility index (Phi) is 3.32. The van der Waals surface area contributed by atoms with Crippen molar-refractivity contribution in [3.63, 3.8) is 0 Å². The summed E-state index contributed by atoms with van der Waals surface area (Å²) in [6.07, 6.45) is 1.55. The fourth-order valence-corrected chi connectivity index (χ4v) is 2.43. The van der Waals surface area contributed by atoms with E-state index in [-0.39, 0.29) is 0 Å². The van der Waals surface area contributed by atoms with Crippen LogP contribution in [0.1, 0.15) is 16.8 Å². The lowest BCUT2D eigenvalue weighted by atomic mass is 10.1. The van der Waals surface area contributed by atoms with Gasteiger partial charge < -0.3 is 10.3 Å². The molecule has 0 spiro atoms. The number of halogens is 1. The number of aryl methyl sites for hydroxylation is 2. The minimum atomic E-state index is 0.636. The third-order valence-corrected chi connectivity index (χ3v) is 3.82. The summed E-state index contributed by atoms with van der Waals surface area (Å²) in [6.45, 7) is 4.64. The smallest absolute Gasteiger partial charge is 0.143 e. The van der Waals surface area contributed by atoms with Gasteiger partial charge in [0.25, 0.3) is 0 Å². The Morgan fingerprint density at radius 3 is 2.95 bits per heavy atom. The highest BCUT2D eigenvalue weighted by molar-refractivity contribution is 6.32. The van der Waals surface area contributed by atoms with Crippen molar-refractivity contribution in [2.24, 2.45) is 0 Å². The van der Waals surface area contributed by atoms with Gasteiger partial charge in [-0.15, -0.1) is 0 Å². The maximum Gasteiger partial charge on any atom is 0.143 e. The molecule has 5 heteroatoms. The number of fused-ring (bicyclic) bond motifs is 1. The van der Waals surface area contributed by atoms with Crippen molar-refractivity contribution < 1.29 is 0 Å². The first-order valence-electron chi connectivity index (χ1n) is 6.43. The van der Waals surface area contributed by atoms with E-state index in [1.54, 1.807) is 6.33 Å². The summed E-state index contributed by atoms with van der Waals surface area (Å²) >= 11 is 6.30. The zero-order valence-corrected chi connectivity index (χ0v) is 12.1. The van der Waals surface area contributed by atoms with Crippen molar-refractivity contribution in [1.29, 1.82) is 0 Å². The van der Waals surface area contributed by atoms with Crippen LogP contribution in [0.3, 0.4) is 0 Å². The number of H-pyrrole nitrogens is 1. The molecule has 0 atom stereocenters. The van der Waals surface area contributed by atoms with E-state index >= 15 is 0 Å². The molecule has 2 N–H and O–H groups in total. The molecule has 0 radical (unpaired) electrons. The van der Waals surface area contributed by atoms with Gasteiger partial charge in [-0.1, -0.05) is 29.8 Å². The quantitative estimate of drug-likeness (QED) is 0.769. The molecule has 0 unspecified atom stereocenters. The van der Waals surface area contributed by atoms with Crippen molar-refractivity contribution in [2.45, 2.75) is 20.4 Å². The molecule has 3 aromatic rings. The molecule has 0 saturated carbocycles. The molecular weight excluding hydrogens is 272 g/mol. The first-order chi connectivity index (χ1) is 9.65. The van der Waals surface area contributed by atoms with Crippen molar-refractivity contribution in [2.75, 3.05) is 5.32 Å². The van der Waals surface area contributed by atoms with E-state index in [0.717, 1.165) is 38.7 Å². The molecule has 0 aliphatic heterocycles. The number of nitrogens with zero attached hydrogens (tertiary/aromatic N) is 2. The largest absolute Gasteiger partial charge is 0.365 e. The van der Waals surface area contributed by atoms with Gasteiger partial charge in [-0.2, -0.15) is 0 Å². The molecule has 0 bridgehead atoms. The zero-order chi connectivity index (χ0) is 14.1. The number of anilines is 1. The first kappa shape index (κ1) is 12.9. The SMILES string of the molecule is Cc1cc2c(NCc3cccc(C)c3Cl)ncnc2[nH]1. The maximum absolute atomic E-state index is 6.30. The van der Waals surface area contributed by atoms with Gasteiger partial charge in [0.15, 0.2) is 0 Å². The number of nitrogens with one attached hydrogen (secondary N) is 2. The average molecular weight is 287 g/mol. The summed E-state index contributed by atoms with van der Waals surface area (Å²) in [5.41, 5.74) is 4.05. The van der Waals surface area contributed by atoms with Crippen LogP contribution >= 0.6 is 11.6 Å². The molecule has 2 heterocycles. The van der Waals surface area contributed by atoms with Crippen molar-refractivity contribution >= 4 is 28.5 Å². The highest BCUT2D eigenvalue weighted by Gasteiger charge is 2.07. The molecule has 4 nitrogen and oxygen atoms in total. The number of aromatic nitrogens is 3. The Morgan fingerprint density at radius 1 is 1.25 bits per heavy atom. The summed E-state index contributed by atoms with van der Waals surface area (Å²) in [5, 5.41) is 5.13. The topological polar surface area (TPSA) is 53.6 Å². The van der Waals surface area contributed by atoms with Crippen LogP contribution in [0.4, 0.5) is 5.82 Å². The van der Waals surface area contributed by atoms with Gasteiger partial charge in [0.2, 0.25) is 0 Å². The van der Waals surface area contributed by atoms with E-state index in [1.807, 2.05) is 38.1 Å². The number of hydrogen-bond donors (Lipinski definition) is 2. The number of rotatable bonds is 3. The second-order valence-corrected chi connectivity index (χ2v) is 5.22. The zero-order valence-electron chi connectivity index (χ0n) is 11.4. The lowest BCUT2D eigenvalue weighted by Gasteiger charge is -2.09. The van der Waals surface area contributed by atoms with E-state index in [2.05, 4.69) is 20.3 Å². The van der Waals surface area contributed by atoms with Crippen LogP contribution in [0.2, 0.25) is 5.02 Å². The molecule has 2 aromatic heterocycles. The second kappa shape index (κ2) is 5.13. The van der Waals surface area contributed by atoms with Crippen molar-refractivity contribution in [3.05, 3.63) is 52.4 Å². The van der Waals surface area contributed by atoms with E-state index in [0.29, 0.717) is 6.54 Å². The van der Waals surface area contributed by atoms with Crippen LogP contribution in [-0.2, 0) is 6.54 Å². The van der Waals surface area contributed by atoms with Gasteiger partial charge in [0, 0.05) is 17.3 Å². The Morgan fingerprint density at radius 2 is 2.10 bits per heavy atom. The molecule has 0 amide bonds.